The number of hydrogen-bond acceptors (Lipinski definition) is 5. The number of nitrogens with zero attached hydrogens (tertiary/aromatic N) is 1. The molecule has 0 unspecified atom stereocenters. The maximum absolute atomic E-state index is 12.7. The highest BCUT2D eigenvalue weighted by Gasteiger charge is 2.34. The van der Waals surface area contributed by atoms with Crippen molar-refractivity contribution in [3.05, 3.63) is 29.8 Å². The molecule has 0 aliphatic carbocycles. The molecule has 3 rings (SSSR count). The summed E-state index contributed by atoms with van der Waals surface area (Å²) in [7, 11) is 1.61. The van der Waals surface area contributed by atoms with Gasteiger partial charge in [0.2, 0.25) is 5.91 Å². The van der Waals surface area contributed by atoms with Gasteiger partial charge in [0, 0.05) is 31.1 Å². The van der Waals surface area contributed by atoms with E-state index in [4.69, 9.17) is 9.47 Å². The highest BCUT2D eigenvalue weighted by molar-refractivity contribution is 5.98. The summed E-state index contributed by atoms with van der Waals surface area (Å²) in [5.41, 5.74) is 0.710. The van der Waals surface area contributed by atoms with Gasteiger partial charge >= 0.3 is 0 Å². The molecule has 1 amide bonds. The quantitative estimate of drug-likeness (QED) is 0.837. The molecule has 6 nitrogen and oxygen atoms in total. The van der Waals surface area contributed by atoms with Crippen LogP contribution in [0.1, 0.15) is 30.1 Å². The van der Waals surface area contributed by atoms with Crippen LogP contribution in [0.3, 0.4) is 0 Å². The molecule has 2 fully saturated rings. The monoisotopic (exact) mass is 346 g/mol. The van der Waals surface area contributed by atoms with Gasteiger partial charge in [0.1, 0.15) is 11.8 Å². The van der Waals surface area contributed by atoms with Gasteiger partial charge in [-0.3, -0.25) is 9.59 Å². The minimum absolute atomic E-state index is 0.0227. The molecule has 2 heterocycles. The molecule has 2 aliphatic heterocycles. The number of morpholine rings is 1. The van der Waals surface area contributed by atoms with Crippen molar-refractivity contribution in [2.24, 2.45) is 5.92 Å². The Labute approximate surface area is 148 Å². The molecule has 0 aromatic heterocycles. The molecule has 2 atom stereocenters. The summed E-state index contributed by atoms with van der Waals surface area (Å²) in [4.78, 5) is 27.2. The van der Waals surface area contributed by atoms with Gasteiger partial charge in [-0.2, -0.15) is 0 Å². The van der Waals surface area contributed by atoms with Gasteiger partial charge in [-0.15, -0.1) is 0 Å². The topological polar surface area (TPSA) is 67.9 Å². The zero-order chi connectivity index (χ0) is 17.8. The summed E-state index contributed by atoms with van der Waals surface area (Å²) < 4.78 is 10.7. The lowest BCUT2D eigenvalue weighted by atomic mass is 9.88. The molecule has 2 saturated heterocycles. The van der Waals surface area contributed by atoms with E-state index < -0.39 is 0 Å². The summed E-state index contributed by atoms with van der Waals surface area (Å²) in [6.07, 6.45) is 1.30. The van der Waals surface area contributed by atoms with Gasteiger partial charge in [0.05, 0.1) is 19.8 Å². The second-order valence-electron chi connectivity index (χ2n) is 6.70. The first-order valence-electron chi connectivity index (χ1n) is 8.92. The largest absolute Gasteiger partial charge is 0.497 e. The van der Waals surface area contributed by atoms with Crippen LogP contribution in [0, 0.1) is 5.92 Å². The molecule has 6 heteroatoms. The van der Waals surface area contributed by atoms with Gasteiger partial charge in [0.15, 0.2) is 5.78 Å². The zero-order valence-corrected chi connectivity index (χ0v) is 14.9. The van der Waals surface area contributed by atoms with Crippen molar-refractivity contribution in [2.75, 3.05) is 33.4 Å². The highest BCUT2D eigenvalue weighted by atomic mass is 16.5. The normalized spacial score (nSPS) is 24.8. The third-order valence-electron chi connectivity index (χ3n) is 5.13. The Kier molecular flexibility index (Phi) is 5.71. The van der Waals surface area contributed by atoms with E-state index in [0.29, 0.717) is 44.6 Å². The maximum atomic E-state index is 12.7. The Morgan fingerprint density at radius 2 is 1.88 bits per heavy atom. The van der Waals surface area contributed by atoms with E-state index in [1.54, 1.807) is 7.11 Å². The van der Waals surface area contributed by atoms with Crippen molar-refractivity contribution in [3.8, 4) is 5.75 Å². The third-order valence-corrected chi connectivity index (χ3v) is 5.13. The average molecular weight is 346 g/mol. The van der Waals surface area contributed by atoms with Crippen molar-refractivity contribution in [3.63, 3.8) is 0 Å². The first kappa shape index (κ1) is 17.9. The van der Waals surface area contributed by atoms with E-state index in [1.807, 2.05) is 36.1 Å². The van der Waals surface area contributed by atoms with Crippen LogP contribution in [0.2, 0.25) is 0 Å². The Balaban J connectivity index is 1.55. The summed E-state index contributed by atoms with van der Waals surface area (Å²) >= 11 is 0. The van der Waals surface area contributed by atoms with Crippen molar-refractivity contribution < 1.29 is 19.1 Å². The van der Waals surface area contributed by atoms with Crippen LogP contribution >= 0.6 is 0 Å². The number of likely N-dealkylation sites (tertiary alicyclic amines) is 1. The lowest BCUT2D eigenvalue weighted by Crippen LogP contribution is -2.57. The Hall–Kier alpha value is -1.92. The van der Waals surface area contributed by atoms with E-state index in [9.17, 15) is 9.59 Å². The molecule has 136 valence electrons. The molecule has 0 radical (unpaired) electrons. The average Bonchev–Trinajstić information content (AvgIpc) is 2.67. The van der Waals surface area contributed by atoms with Gasteiger partial charge in [0.25, 0.3) is 0 Å². The van der Waals surface area contributed by atoms with Gasteiger partial charge in [-0.1, -0.05) is 0 Å². The Bertz CT molecular complexity index is 608. The Morgan fingerprint density at radius 3 is 2.48 bits per heavy atom. The van der Waals surface area contributed by atoms with Crippen LogP contribution in [0.25, 0.3) is 0 Å². The first-order valence-corrected chi connectivity index (χ1v) is 8.92. The Morgan fingerprint density at radius 1 is 1.20 bits per heavy atom. The summed E-state index contributed by atoms with van der Waals surface area (Å²) in [6.45, 7) is 4.51. The second-order valence-corrected chi connectivity index (χ2v) is 6.70. The van der Waals surface area contributed by atoms with E-state index in [2.05, 4.69) is 5.32 Å². The number of nitrogens with one attached hydrogen (secondary N) is 1. The molecule has 1 aromatic rings. The third kappa shape index (κ3) is 4.02. The van der Waals surface area contributed by atoms with Crippen molar-refractivity contribution in [2.45, 2.75) is 31.9 Å². The minimum atomic E-state index is -0.275. The van der Waals surface area contributed by atoms with Crippen LogP contribution in [-0.4, -0.2) is 62.1 Å². The van der Waals surface area contributed by atoms with Gasteiger partial charge in [-0.25, -0.2) is 0 Å². The summed E-state index contributed by atoms with van der Waals surface area (Å²) in [5.74, 6) is 0.962. The van der Waals surface area contributed by atoms with Crippen LogP contribution in [0.5, 0.6) is 5.75 Å². The van der Waals surface area contributed by atoms with E-state index in [1.165, 1.54) is 0 Å². The van der Waals surface area contributed by atoms with Crippen LogP contribution in [0.15, 0.2) is 24.3 Å². The van der Waals surface area contributed by atoms with Gasteiger partial charge < -0.3 is 19.7 Å². The molecule has 25 heavy (non-hydrogen) atoms. The number of piperidine rings is 1. The van der Waals surface area contributed by atoms with E-state index in [-0.39, 0.29) is 29.8 Å². The maximum Gasteiger partial charge on any atom is 0.242 e. The number of benzene rings is 1. The van der Waals surface area contributed by atoms with Crippen LogP contribution in [-0.2, 0) is 9.53 Å². The van der Waals surface area contributed by atoms with Crippen molar-refractivity contribution in [1.29, 1.82) is 0 Å². The highest BCUT2D eigenvalue weighted by Crippen LogP contribution is 2.24. The number of rotatable bonds is 4. The molecular weight excluding hydrogens is 320 g/mol. The zero-order valence-electron chi connectivity index (χ0n) is 14.9. The molecule has 0 bridgehead atoms. The minimum Gasteiger partial charge on any atom is -0.497 e. The van der Waals surface area contributed by atoms with Crippen molar-refractivity contribution >= 4 is 11.7 Å². The second kappa shape index (κ2) is 7.97. The number of methoxy groups -OCH3 is 1. The fourth-order valence-corrected chi connectivity index (χ4v) is 3.56. The summed E-state index contributed by atoms with van der Waals surface area (Å²) in [6, 6.07) is 6.96. The fourth-order valence-electron chi connectivity index (χ4n) is 3.56. The van der Waals surface area contributed by atoms with Gasteiger partial charge in [-0.05, 0) is 44.0 Å². The molecule has 1 N–H and O–H groups in total. The molecular formula is C19H26N2O4. The van der Waals surface area contributed by atoms with Crippen LogP contribution < -0.4 is 10.1 Å². The number of Topliss-reactive ketones (excluding diaryl/α,β-unsaturated/α-hetero) is 1. The fraction of sp³-hybridized carbons (Fsp3) is 0.579. The number of hydrogen-bond donors (Lipinski definition) is 1. The standard InChI is InChI=1S/C19H26N2O4/c1-13-17(20-9-12-25-13)19(23)21-10-7-15(8-11-21)18(22)14-3-5-16(24-2)6-4-14/h3-6,13,15,17,20H,7-12H2,1-2H3/t13-,17+/m1/s1. The number of ether oxygens (including phenoxy) is 2. The van der Waals surface area contributed by atoms with E-state index >= 15 is 0 Å². The van der Waals surface area contributed by atoms with E-state index in [0.717, 1.165) is 5.75 Å². The number of carbonyl (C=O) groups excluding carboxylic acids is 2. The predicted molar refractivity (Wildman–Crippen MR) is 93.8 cm³/mol. The lowest BCUT2D eigenvalue weighted by Gasteiger charge is -2.37. The molecule has 0 saturated carbocycles. The van der Waals surface area contributed by atoms with Crippen molar-refractivity contribution in [1.82, 2.24) is 10.2 Å². The summed E-state index contributed by atoms with van der Waals surface area (Å²) in [5, 5.41) is 3.24. The smallest absolute Gasteiger partial charge is 0.242 e. The predicted octanol–water partition coefficient (Wildman–Crippen LogP) is 1.49. The lowest BCUT2D eigenvalue weighted by molar-refractivity contribution is -0.140. The first-order chi connectivity index (χ1) is 12.1. The molecule has 0 spiro atoms. The number of carbonyl (C=O) groups is 2. The molecule has 2 aliphatic rings. The van der Waals surface area contributed by atoms with Crippen LogP contribution in [0.4, 0.5) is 0 Å². The molecule has 1 aromatic carbocycles. The number of amides is 1. The number of ketones is 1. The SMILES string of the molecule is COc1ccc(C(=O)C2CCN(C(=O)[C@H]3NCCO[C@@H]3C)CC2)cc1.